The van der Waals surface area contributed by atoms with Gasteiger partial charge in [0.25, 0.3) is 0 Å². The number of nitrogens with zero attached hydrogens (tertiary/aromatic N) is 4. The van der Waals surface area contributed by atoms with Gasteiger partial charge in [-0.05, 0) is 43.7 Å². The summed E-state index contributed by atoms with van der Waals surface area (Å²) in [6, 6.07) is 7.75. The Balaban J connectivity index is 1.92. The van der Waals surface area contributed by atoms with E-state index in [1.807, 2.05) is 6.07 Å². The number of nitriles is 1. The molecule has 1 saturated carbocycles. The van der Waals surface area contributed by atoms with Gasteiger partial charge in [-0.15, -0.1) is 16.1 Å². The first-order valence-electron chi connectivity index (χ1n) is 8.72. The number of methoxy groups -OCH3 is 1. The average molecular weight is 388 g/mol. The van der Waals surface area contributed by atoms with Gasteiger partial charge in [0.2, 0.25) is 0 Å². The second kappa shape index (κ2) is 10.6. The van der Waals surface area contributed by atoms with E-state index in [4.69, 9.17) is 14.7 Å². The lowest BCUT2D eigenvalue weighted by atomic mass is 9.93. The van der Waals surface area contributed by atoms with Gasteiger partial charge in [-0.3, -0.25) is 10.3 Å². The van der Waals surface area contributed by atoms with E-state index in [9.17, 15) is 0 Å². The molecular weight excluding hydrogens is 362 g/mol. The first-order valence-corrected chi connectivity index (χ1v) is 9.71. The Morgan fingerprint density at radius 1 is 1.30 bits per heavy atom. The van der Waals surface area contributed by atoms with Gasteiger partial charge in [0.15, 0.2) is 5.84 Å². The zero-order valence-electron chi connectivity index (χ0n) is 15.9. The summed E-state index contributed by atoms with van der Waals surface area (Å²) in [4.78, 5) is 4.99. The van der Waals surface area contributed by atoms with Crippen molar-refractivity contribution in [2.75, 3.05) is 21.2 Å². The van der Waals surface area contributed by atoms with Gasteiger partial charge in [-0.25, -0.2) is 0 Å². The molecule has 1 aliphatic carbocycles. The smallest absolute Gasteiger partial charge is 0.197 e. The molecule has 7 nitrogen and oxygen atoms in total. The van der Waals surface area contributed by atoms with E-state index in [-0.39, 0.29) is 6.10 Å². The maximum Gasteiger partial charge on any atom is 0.197 e. The van der Waals surface area contributed by atoms with Gasteiger partial charge >= 0.3 is 0 Å². The molecule has 0 spiro atoms. The molecule has 0 saturated heterocycles. The third-order valence-electron chi connectivity index (χ3n) is 4.36. The summed E-state index contributed by atoms with van der Waals surface area (Å²) in [5.74, 6) is 5.71. The van der Waals surface area contributed by atoms with Gasteiger partial charge in [0, 0.05) is 26.2 Å². The van der Waals surface area contributed by atoms with Gasteiger partial charge in [-0.2, -0.15) is 10.4 Å². The normalized spacial score (nSPS) is 20.1. The Hall–Kier alpha value is -2.50. The lowest BCUT2D eigenvalue weighted by Crippen LogP contribution is -2.41. The molecule has 144 valence electrons. The van der Waals surface area contributed by atoms with Gasteiger partial charge < -0.3 is 9.47 Å². The monoisotopic (exact) mass is 387 g/mol. The minimum Gasteiger partial charge on any atom is -0.495 e. The summed E-state index contributed by atoms with van der Waals surface area (Å²) in [6.45, 7) is 0. The van der Waals surface area contributed by atoms with Crippen LogP contribution in [0.25, 0.3) is 0 Å². The van der Waals surface area contributed by atoms with Crippen LogP contribution in [0.2, 0.25) is 0 Å². The molecule has 1 N–H and O–H groups in total. The van der Waals surface area contributed by atoms with Crippen molar-refractivity contribution < 1.29 is 9.47 Å². The average Bonchev–Trinajstić information content (AvgIpc) is 2.71. The van der Waals surface area contributed by atoms with E-state index in [2.05, 4.69) is 32.5 Å². The molecule has 27 heavy (non-hydrogen) atoms. The Bertz CT molecular complexity index is 801. The molecule has 1 fully saturated rings. The van der Waals surface area contributed by atoms with Crippen LogP contribution in [-0.2, 0) is 0 Å². The topological polar surface area (TPSA) is 91.4 Å². The van der Waals surface area contributed by atoms with E-state index >= 15 is 0 Å². The first-order chi connectivity index (χ1) is 13.1. The number of azo groups is 1. The van der Waals surface area contributed by atoms with Crippen LogP contribution < -0.4 is 14.8 Å². The van der Waals surface area contributed by atoms with Gasteiger partial charge in [-0.1, -0.05) is 0 Å². The molecule has 0 radical (unpaired) electrons. The fraction of sp³-hybridized carbons (Fsp3) is 0.474. The maximum atomic E-state index is 9.07. The van der Waals surface area contributed by atoms with E-state index in [1.165, 1.54) is 10.9 Å². The molecule has 1 aromatic carbocycles. The van der Waals surface area contributed by atoms with Crippen molar-refractivity contribution in [2.24, 2.45) is 15.2 Å². The van der Waals surface area contributed by atoms with E-state index in [1.54, 1.807) is 33.3 Å². The number of nitrogens with one attached hydrogen (secondary N) is 1. The molecule has 0 aliphatic heterocycles. The van der Waals surface area contributed by atoms with Crippen LogP contribution in [-0.4, -0.2) is 50.0 Å². The van der Waals surface area contributed by atoms with Crippen LogP contribution in [0.5, 0.6) is 11.5 Å². The summed E-state index contributed by atoms with van der Waals surface area (Å²) >= 11 is 0. The minimum atomic E-state index is 0.145. The largest absolute Gasteiger partial charge is 0.495 e. The third kappa shape index (κ3) is 5.74. The second-order valence-corrected chi connectivity index (χ2v) is 6.73. The Morgan fingerprint density at radius 2 is 2.04 bits per heavy atom. The highest BCUT2D eigenvalue weighted by atomic mass is 32.1. The van der Waals surface area contributed by atoms with Crippen molar-refractivity contribution in [3.8, 4) is 17.6 Å². The summed E-state index contributed by atoms with van der Waals surface area (Å²) in [7, 11) is 6.21. The van der Waals surface area contributed by atoms with E-state index in [0.29, 0.717) is 23.2 Å². The minimum absolute atomic E-state index is 0.145. The standard InChI is InChI=1S/C19H25N5O2S/c1-21-18(24-22-2)19(27-4)23-14-6-9-15(10-7-14)26-16-8-5-13(12-20)17(11-16)25-3/h5,8,11,14-15,23H,4,6-7,9-10H2,1-3H3/b21-18-,24-22-/t14-,15-. The van der Waals surface area contributed by atoms with Crippen molar-refractivity contribution in [3.05, 3.63) is 23.8 Å². The SMILES string of the molecule is C=S=C(N[C@H]1CC[C@H](Oc2ccc(C#N)c(OC)c2)CC1)C(/N=N\C)=N/C. The highest BCUT2D eigenvalue weighted by Gasteiger charge is 2.24. The summed E-state index contributed by atoms with van der Waals surface area (Å²) in [5, 5.41) is 20.4. The highest BCUT2D eigenvalue weighted by molar-refractivity contribution is 7.97. The molecule has 0 bridgehead atoms. The zero-order valence-corrected chi connectivity index (χ0v) is 16.8. The van der Waals surface area contributed by atoms with Crippen molar-refractivity contribution in [1.82, 2.24) is 5.32 Å². The molecular formula is C19H25N5O2S. The molecule has 0 aromatic heterocycles. The summed E-state index contributed by atoms with van der Waals surface area (Å²) in [5.41, 5.74) is 0.504. The summed E-state index contributed by atoms with van der Waals surface area (Å²) in [6.07, 6.45) is 3.96. The fourth-order valence-corrected chi connectivity index (χ4v) is 3.51. The molecule has 0 heterocycles. The number of ether oxygens (including phenoxy) is 2. The number of amidine groups is 1. The van der Waals surface area contributed by atoms with Crippen LogP contribution in [0.1, 0.15) is 31.2 Å². The van der Waals surface area contributed by atoms with Crippen LogP contribution in [0.4, 0.5) is 0 Å². The maximum absolute atomic E-state index is 9.07. The van der Waals surface area contributed by atoms with Crippen molar-refractivity contribution in [3.63, 3.8) is 0 Å². The van der Waals surface area contributed by atoms with Crippen LogP contribution in [0.15, 0.2) is 33.4 Å². The predicted molar refractivity (Wildman–Crippen MR) is 111 cm³/mol. The molecule has 8 heteroatoms. The molecule has 2 rings (SSSR count). The number of benzene rings is 1. The van der Waals surface area contributed by atoms with E-state index < -0.39 is 0 Å². The molecule has 0 unspecified atom stereocenters. The Kier molecular flexibility index (Phi) is 8.17. The summed E-state index contributed by atoms with van der Waals surface area (Å²) < 4.78 is 11.3. The number of aliphatic imine (C=N–C) groups is 1. The molecule has 1 aromatic rings. The lowest BCUT2D eigenvalue weighted by molar-refractivity contribution is 0.143. The lowest BCUT2D eigenvalue weighted by Gasteiger charge is -2.29. The zero-order chi connectivity index (χ0) is 19.6. The molecule has 0 atom stereocenters. The third-order valence-corrected chi connectivity index (χ3v) is 4.95. The molecule has 0 amide bonds. The predicted octanol–water partition coefficient (Wildman–Crippen LogP) is 3.25. The van der Waals surface area contributed by atoms with Crippen molar-refractivity contribution in [2.45, 2.75) is 37.8 Å². The second-order valence-electron chi connectivity index (χ2n) is 6.03. The first kappa shape index (κ1) is 20.8. The van der Waals surface area contributed by atoms with Crippen molar-refractivity contribution in [1.29, 1.82) is 5.26 Å². The van der Waals surface area contributed by atoms with Gasteiger partial charge in [0.1, 0.15) is 22.6 Å². The number of rotatable bonds is 4. The quantitative estimate of drug-likeness (QED) is 0.371. The Morgan fingerprint density at radius 3 is 2.59 bits per heavy atom. The van der Waals surface area contributed by atoms with Crippen LogP contribution in [0.3, 0.4) is 0 Å². The van der Waals surface area contributed by atoms with Crippen LogP contribution in [0, 0.1) is 11.3 Å². The molecule has 1 aliphatic rings. The Labute approximate surface area is 163 Å². The van der Waals surface area contributed by atoms with Crippen LogP contribution >= 0.6 is 10.9 Å². The number of hydrogen-bond acceptors (Lipinski definition) is 5. The van der Waals surface area contributed by atoms with Crippen molar-refractivity contribution >= 4 is 27.6 Å². The highest BCUT2D eigenvalue weighted by Crippen LogP contribution is 2.28. The van der Waals surface area contributed by atoms with E-state index in [0.717, 1.165) is 36.4 Å². The fourth-order valence-electron chi connectivity index (χ4n) is 3.00. The van der Waals surface area contributed by atoms with Gasteiger partial charge in [0.05, 0.1) is 18.8 Å². The number of hydrogen-bond donors (Lipinski definition) is 1.